The van der Waals surface area contributed by atoms with Crippen molar-refractivity contribution in [2.24, 2.45) is 17.1 Å². The van der Waals surface area contributed by atoms with Crippen molar-refractivity contribution in [2.75, 3.05) is 13.1 Å². The smallest absolute Gasteiger partial charge is 0.0910 e. The van der Waals surface area contributed by atoms with Gasteiger partial charge < -0.3 is 5.73 Å². The summed E-state index contributed by atoms with van der Waals surface area (Å²) in [5.41, 5.74) is 5.65. The number of hydrogen-bond acceptors (Lipinski definition) is 3. The van der Waals surface area contributed by atoms with E-state index in [9.17, 15) is 0 Å². The van der Waals surface area contributed by atoms with Crippen molar-refractivity contribution in [3.05, 3.63) is 0 Å². The summed E-state index contributed by atoms with van der Waals surface area (Å²) in [6.45, 7) is 6.24. The van der Waals surface area contributed by atoms with Gasteiger partial charge in [-0.3, -0.25) is 4.90 Å². The lowest BCUT2D eigenvalue weighted by Crippen LogP contribution is -2.36. The maximum absolute atomic E-state index is 8.98. The van der Waals surface area contributed by atoms with E-state index in [-0.39, 0.29) is 11.5 Å². The average molecular weight is 165 g/mol. The second-order valence-electron chi connectivity index (χ2n) is 4.31. The molecule has 0 radical (unpaired) electrons. The summed E-state index contributed by atoms with van der Waals surface area (Å²) in [5.74, 6) is 0.449. The molecule has 2 aliphatic rings. The van der Waals surface area contributed by atoms with Crippen LogP contribution in [0.25, 0.3) is 0 Å². The van der Waals surface area contributed by atoms with E-state index in [1.54, 1.807) is 0 Å². The molecule has 0 aromatic carbocycles. The van der Waals surface area contributed by atoms with E-state index >= 15 is 0 Å². The van der Waals surface area contributed by atoms with E-state index < -0.39 is 0 Å². The fraction of sp³-hybridized carbons (Fsp3) is 0.889. The van der Waals surface area contributed by atoms with Crippen LogP contribution >= 0.6 is 0 Å². The van der Waals surface area contributed by atoms with Gasteiger partial charge in [-0.05, 0) is 13.8 Å². The molecule has 2 fully saturated rings. The summed E-state index contributed by atoms with van der Waals surface area (Å²) >= 11 is 0. The van der Waals surface area contributed by atoms with E-state index in [1.165, 1.54) is 0 Å². The molecule has 66 valence electrons. The van der Waals surface area contributed by atoms with Gasteiger partial charge in [0.15, 0.2) is 0 Å². The van der Waals surface area contributed by atoms with Crippen LogP contribution in [-0.4, -0.2) is 30.1 Å². The highest BCUT2D eigenvalue weighted by molar-refractivity contribution is 5.30. The molecule has 1 unspecified atom stereocenters. The van der Waals surface area contributed by atoms with E-state index in [2.05, 4.69) is 24.8 Å². The molecule has 2 N–H and O–H groups in total. The Morgan fingerprint density at radius 3 is 2.75 bits per heavy atom. The molecular weight excluding hydrogens is 150 g/mol. The fourth-order valence-electron chi connectivity index (χ4n) is 2.29. The molecule has 12 heavy (non-hydrogen) atoms. The number of fused-ring (bicyclic) bond motifs is 1. The van der Waals surface area contributed by atoms with Gasteiger partial charge in [0.25, 0.3) is 0 Å². The third-order valence-corrected chi connectivity index (χ3v) is 3.42. The molecule has 3 atom stereocenters. The Hall–Kier alpha value is -0.590. The second-order valence-corrected chi connectivity index (χ2v) is 4.31. The van der Waals surface area contributed by atoms with Crippen LogP contribution in [0, 0.1) is 22.7 Å². The SMILES string of the molecule is CC(C)N1CC2[C@H](N)[C@@]2(C#N)C1. The molecule has 3 nitrogen and oxygen atoms in total. The highest BCUT2D eigenvalue weighted by atomic mass is 15.2. The van der Waals surface area contributed by atoms with Crippen LogP contribution in [0.3, 0.4) is 0 Å². The number of hydrogen-bond donors (Lipinski definition) is 1. The predicted octanol–water partition coefficient (Wildman–Crippen LogP) is 0.177. The summed E-state index contributed by atoms with van der Waals surface area (Å²) in [5, 5.41) is 8.98. The van der Waals surface area contributed by atoms with Crippen molar-refractivity contribution in [3.8, 4) is 6.07 Å². The highest BCUT2D eigenvalue weighted by Gasteiger charge is 2.68. The molecule has 1 saturated carbocycles. The molecule has 0 bridgehead atoms. The first-order valence-corrected chi connectivity index (χ1v) is 4.52. The zero-order chi connectivity index (χ0) is 8.93. The van der Waals surface area contributed by atoms with Gasteiger partial charge in [0.2, 0.25) is 0 Å². The Labute approximate surface area is 73.1 Å². The largest absolute Gasteiger partial charge is 0.326 e. The molecule has 2 rings (SSSR count). The molecule has 1 heterocycles. The van der Waals surface area contributed by atoms with Crippen molar-refractivity contribution >= 4 is 0 Å². The van der Waals surface area contributed by atoms with Gasteiger partial charge >= 0.3 is 0 Å². The van der Waals surface area contributed by atoms with Crippen molar-refractivity contribution < 1.29 is 0 Å². The molecule has 1 saturated heterocycles. The minimum Gasteiger partial charge on any atom is -0.326 e. The Kier molecular flexibility index (Phi) is 1.48. The maximum atomic E-state index is 8.98. The van der Waals surface area contributed by atoms with Crippen LogP contribution in [0.4, 0.5) is 0 Å². The van der Waals surface area contributed by atoms with Crippen LogP contribution in [0.1, 0.15) is 13.8 Å². The first-order valence-electron chi connectivity index (χ1n) is 4.52. The van der Waals surface area contributed by atoms with Crippen molar-refractivity contribution in [1.82, 2.24) is 4.90 Å². The number of nitrogens with zero attached hydrogens (tertiary/aromatic N) is 2. The second kappa shape index (κ2) is 2.21. The summed E-state index contributed by atoms with van der Waals surface area (Å²) < 4.78 is 0. The standard InChI is InChI=1S/C9H15N3/c1-6(2)12-3-7-8(11)9(7,4-10)5-12/h6-8H,3,5,11H2,1-2H3/t7?,8-,9-/m0/s1. The first kappa shape index (κ1) is 8.03. The van der Waals surface area contributed by atoms with Crippen molar-refractivity contribution in [2.45, 2.75) is 25.9 Å². The van der Waals surface area contributed by atoms with Gasteiger partial charge in [0, 0.05) is 31.1 Å². The number of piperidine rings is 1. The van der Waals surface area contributed by atoms with E-state index in [4.69, 9.17) is 11.0 Å². The van der Waals surface area contributed by atoms with Crippen LogP contribution < -0.4 is 5.73 Å². The molecule has 3 heteroatoms. The number of likely N-dealkylation sites (tertiary alicyclic amines) is 1. The maximum Gasteiger partial charge on any atom is 0.0910 e. The Morgan fingerprint density at radius 2 is 2.33 bits per heavy atom. The van der Waals surface area contributed by atoms with E-state index in [0.29, 0.717) is 12.0 Å². The Morgan fingerprint density at radius 1 is 1.67 bits per heavy atom. The Bertz CT molecular complexity index is 243. The fourth-order valence-corrected chi connectivity index (χ4v) is 2.29. The van der Waals surface area contributed by atoms with Crippen LogP contribution in [0.2, 0.25) is 0 Å². The molecule has 0 spiro atoms. The van der Waals surface area contributed by atoms with E-state index in [1.807, 2.05) is 0 Å². The third-order valence-electron chi connectivity index (χ3n) is 3.42. The van der Waals surface area contributed by atoms with Crippen LogP contribution in [0.5, 0.6) is 0 Å². The van der Waals surface area contributed by atoms with Gasteiger partial charge in [-0.1, -0.05) is 0 Å². The summed E-state index contributed by atoms with van der Waals surface area (Å²) in [6.07, 6.45) is 0. The van der Waals surface area contributed by atoms with Crippen LogP contribution in [-0.2, 0) is 0 Å². The minimum absolute atomic E-state index is 0.150. The molecule has 0 amide bonds. The average Bonchev–Trinajstić information content (AvgIpc) is 2.48. The summed E-state index contributed by atoms with van der Waals surface area (Å²) in [7, 11) is 0. The molecule has 1 aliphatic carbocycles. The van der Waals surface area contributed by atoms with Gasteiger partial charge in [0.1, 0.15) is 0 Å². The zero-order valence-electron chi connectivity index (χ0n) is 7.62. The quantitative estimate of drug-likeness (QED) is 0.603. The predicted molar refractivity (Wildman–Crippen MR) is 46.2 cm³/mol. The monoisotopic (exact) mass is 165 g/mol. The lowest BCUT2D eigenvalue weighted by molar-refractivity contribution is 0.234. The van der Waals surface area contributed by atoms with Gasteiger partial charge in [-0.25, -0.2) is 0 Å². The highest BCUT2D eigenvalue weighted by Crippen LogP contribution is 2.56. The van der Waals surface area contributed by atoms with Crippen LogP contribution in [0.15, 0.2) is 0 Å². The lowest BCUT2D eigenvalue weighted by Gasteiger charge is -2.23. The minimum atomic E-state index is -0.176. The topological polar surface area (TPSA) is 53.0 Å². The van der Waals surface area contributed by atoms with Gasteiger partial charge in [-0.2, -0.15) is 5.26 Å². The molecule has 0 aromatic rings. The summed E-state index contributed by atoms with van der Waals surface area (Å²) in [4.78, 5) is 2.34. The van der Waals surface area contributed by atoms with Crippen molar-refractivity contribution in [1.29, 1.82) is 5.26 Å². The number of nitrogens with two attached hydrogens (primary N) is 1. The molecule has 0 aromatic heterocycles. The normalized spacial score (nSPS) is 45.9. The lowest BCUT2D eigenvalue weighted by atomic mass is 10.1. The molecule has 1 aliphatic heterocycles. The Balaban J connectivity index is 2.08. The van der Waals surface area contributed by atoms with Gasteiger partial charge in [-0.15, -0.1) is 0 Å². The van der Waals surface area contributed by atoms with Gasteiger partial charge in [0.05, 0.1) is 11.5 Å². The van der Waals surface area contributed by atoms with E-state index in [0.717, 1.165) is 13.1 Å². The first-order chi connectivity index (χ1) is 5.62. The zero-order valence-corrected chi connectivity index (χ0v) is 7.62. The third kappa shape index (κ3) is 0.769. The summed E-state index contributed by atoms with van der Waals surface area (Å²) in [6, 6.07) is 3.08. The number of rotatable bonds is 1. The van der Waals surface area contributed by atoms with Crippen molar-refractivity contribution in [3.63, 3.8) is 0 Å². The molecular formula is C9H15N3. The number of nitriles is 1.